The molecule has 0 aliphatic carbocycles. The predicted octanol–water partition coefficient (Wildman–Crippen LogP) is 3.78. The van der Waals surface area contributed by atoms with Crippen molar-refractivity contribution in [2.24, 2.45) is 0 Å². The first kappa shape index (κ1) is 26.7. The molecule has 180 valence electrons. The Morgan fingerprint density at radius 1 is 1.06 bits per heavy atom. The lowest BCUT2D eigenvalue weighted by atomic mass is 10.0. The molecule has 0 saturated carbocycles. The standard InChI is InChI=1S/C24H32ClN3O4S/c1-6-22(24(30)26-4)27(15-19-9-7-8-10-21(19)25)23(29)16-28(33(5,31)32)20-13-11-18(12-14-20)17(2)3/h7-14,17,22H,6,15-16H2,1-5H3,(H,26,30). The van der Waals surface area contributed by atoms with Crippen molar-refractivity contribution in [1.82, 2.24) is 10.2 Å². The number of sulfonamides is 1. The number of benzene rings is 2. The molecule has 0 heterocycles. The maximum Gasteiger partial charge on any atom is 0.244 e. The first-order valence-electron chi connectivity index (χ1n) is 10.8. The highest BCUT2D eigenvalue weighted by atomic mass is 35.5. The van der Waals surface area contributed by atoms with Crippen LogP contribution in [0.4, 0.5) is 5.69 Å². The van der Waals surface area contributed by atoms with E-state index in [9.17, 15) is 18.0 Å². The Hall–Kier alpha value is -2.58. The van der Waals surface area contributed by atoms with Crippen molar-refractivity contribution in [3.63, 3.8) is 0 Å². The molecule has 0 bridgehead atoms. The summed E-state index contributed by atoms with van der Waals surface area (Å²) in [6.07, 6.45) is 1.42. The zero-order valence-corrected chi connectivity index (χ0v) is 21.3. The van der Waals surface area contributed by atoms with Crippen LogP contribution in [0.3, 0.4) is 0 Å². The number of rotatable bonds is 10. The molecule has 2 rings (SSSR count). The van der Waals surface area contributed by atoms with Gasteiger partial charge in [0.25, 0.3) is 0 Å². The van der Waals surface area contributed by atoms with Gasteiger partial charge in [0.1, 0.15) is 12.6 Å². The number of nitrogens with one attached hydrogen (secondary N) is 1. The highest BCUT2D eigenvalue weighted by Gasteiger charge is 2.31. The number of hydrogen-bond donors (Lipinski definition) is 1. The van der Waals surface area contributed by atoms with E-state index in [1.807, 2.05) is 26.0 Å². The van der Waals surface area contributed by atoms with Crippen molar-refractivity contribution in [2.45, 2.75) is 45.7 Å². The number of hydrogen-bond acceptors (Lipinski definition) is 4. The molecule has 2 aromatic carbocycles. The Morgan fingerprint density at radius 2 is 1.67 bits per heavy atom. The lowest BCUT2D eigenvalue weighted by Crippen LogP contribution is -2.51. The van der Waals surface area contributed by atoms with Gasteiger partial charge in [-0.15, -0.1) is 0 Å². The number of carbonyl (C=O) groups is 2. The minimum Gasteiger partial charge on any atom is -0.357 e. The van der Waals surface area contributed by atoms with Crippen LogP contribution in [0.15, 0.2) is 48.5 Å². The monoisotopic (exact) mass is 493 g/mol. The summed E-state index contributed by atoms with van der Waals surface area (Å²) in [7, 11) is -2.26. The molecule has 0 aliphatic rings. The number of nitrogens with zero attached hydrogens (tertiary/aromatic N) is 2. The molecular weight excluding hydrogens is 462 g/mol. The van der Waals surface area contributed by atoms with Gasteiger partial charge in [-0.25, -0.2) is 8.42 Å². The third kappa shape index (κ3) is 6.95. The van der Waals surface area contributed by atoms with E-state index in [-0.39, 0.29) is 18.4 Å². The van der Waals surface area contributed by atoms with Gasteiger partial charge in [0.05, 0.1) is 11.9 Å². The van der Waals surface area contributed by atoms with Crippen molar-refractivity contribution in [1.29, 1.82) is 0 Å². The van der Waals surface area contributed by atoms with Crippen molar-refractivity contribution in [3.8, 4) is 0 Å². The first-order valence-corrected chi connectivity index (χ1v) is 13.0. The van der Waals surface area contributed by atoms with E-state index >= 15 is 0 Å². The third-order valence-corrected chi connectivity index (χ3v) is 6.97. The minimum atomic E-state index is -3.76. The van der Waals surface area contributed by atoms with E-state index in [4.69, 9.17) is 11.6 Å². The second-order valence-corrected chi connectivity index (χ2v) is 10.5. The van der Waals surface area contributed by atoms with Gasteiger partial charge in [-0.05, 0) is 41.7 Å². The van der Waals surface area contributed by atoms with Gasteiger partial charge in [-0.1, -0.05) is 62.7 Å². The van der Waals surface area contributed by atoms with Gasteiger partial charge in [-0.3, -0.25) is 13.9 Å². The largest absolute Gasteiger partial charge is 0.357 e. The summed E-state index contributed by atoms with van der Waals surface area (Å²) in [5, 5.41) is 3.05. The molecule has 0 aliphatic heterocycles. The van der Waals surface area contributed by atoms with Crippen LogP contribution in [0.2, 0.25) is 5.02 Å². The number of anilines is 1. The summed E-state index contributed by atoms with van der Waals surface area (Å²) >= 11 is 6.30. The second kappa shape index (κ2) is 11.5. The molecule has 0 spiro atoms. The van der Waals surface area contributed by atoms with E-state index < -0.39 is 28.5 Å². The number of halogens is 1. The molecule has 1 atom stereocenters. The molecule has 0 saturated heterocycles. The fraction of sp³-hybridized carbons (Fsp3) is 0.417. The predicted molar refractivity (Wildman–Crippen MR) is 133 cm³/mol. The molecule has 0 fully saturated rings. The summed E-state index contributed by atoms with van der Waals surface area (Å²) in [6, 6.07) is 13.4. The highest BCUT2D eigenvalue weighted by Crippen LogP contribution is 2.24. The van der Waals surface area contributed by atoms with Crippen LogP contribution in [-0.2, 0) is 26.2 Å². The number of amides is 2. The molecule has 9 heteroatoms. The fourth-order valence-electron chi connectivity index (χ4n) is 3.54. The molecule has 2 aromatic rings. The average molecular weight is 494 g/mol. The van der Waals surface area contributed by atoms with Gasteiger partial charge in [-0.2, -0.15) is 0 Å². The van der Waals surface area contributed by atoms with Crippen molar-refractivity contribution >= 4 is 39.1 Å². The van der Waals surface area contributed by atoms with Crippen LogP contribution in [0, 0.1) is 0 Å². The van der Waals surface area contributed by atoms with Gasteiger partial charge in [0.15, 0.2) is 0 Å². The van der Waals surface area contributed by atoms with E-state index in [0.29, 0.717) is 22.7 Å². The topological polar surface area (TPSA) is 86.8 Å². The first-order chi connectivity index (χ1) is 15.5. The number of carbonyl (C=O) groups excluding carboxylic acids is 2. The lowest BCUT2D eigenvalue weighted by molar-refractivity contribution is -0.140. The number of likely N-dealkylation sites (N-methyl/N-ethyl adjacent to an activating group) is 1. The van der Waals surface area contributed by atoms with Gasteiger partial charge >= 0.3 is 0 Å². The smallest absolute Gasteiger partial charge is 0.244 e. The molecule has 0 radical (unpaired) electrons. The van der Waals surface area contributed by atoms with Crippen molar-refractivity contribution < 1.29 is 18.0 Å². The Kier molecular flexibility index (Phi) is 9.31. The van der Waals surface area contributed by atoms with Crippen molar-refractivity contribution in [2.75, 3.05) is 24.2 Å². The van der Waals surface area contributed by atoms with Gasteiger partial charge in [0, 0.05) is 18.6 Å². The molecular formula is C24H32ClN3O4S. The normalized spacial score (nSPS) is 12.3. The molecule has 2 amide bonds. The van der Waals surface area contributed by atoms with Gasteiger partial charge in [0.2, 0.25) is 21.8 Å². The zero-order chi connectivity index (χ0) is 24.8. The van der Waals surface area contributed by atoms with Crippen molar-refractivity contribution in [3.05, 3.63) is 64.7 Å². The average Bonchev–Trinajstić information content (AvgIpc) is 2.77. The summed E-state index contributed by atoms with van der Waals surface area (Å²) in [5.41, 5.74) is 2.12. The van der Waals surface area contributed by atoms with Gasteiger partial charge < -0.3 is 10.2 Å². The molecule has 33 heavy (non-hydrogen) atoms. The zero-order valence-electron chi connectivity index (χ0n) is 19.7. The Labute approximate surface area is 201 Å². The molecule has 1 N–H and O–H groups in total. The van der Waals surface area contributed by atoms with Crippen LogP contribution in [0.5, 0.6) is 0 Å². The fourth-order valence-corrected chi connectivity index (χ4v) is 4.58. The minimum absolute atomic E-state index is 0.0777. The Morgan fingerprint density at radius 3 is 2.15 bits per heavy atom. The van der Waals surface area contributed by atoms with E-state index in [2.05, 4.69) is 5.32 Å². The SMILES string of the molecule is CCC(C(=O)NC)N(Cc1ccccc1Cl)C(=O)CN(c1ccc(C(C)C)cc1)S(C)(=O)=O. The summed E-state index contributed by atoms with van der Waals surface area (Å²) in [4.78, 5) is 27.4. The third-order valence-electron chi connectivity index (χ3n) is 5.46. The molecule has 0 aromatic heterocycles. The van der Waals surface area contributed by atoms with Crippen LogP contribution >= 0.6 is 11.6 Å². The Bertz CT molecular complexity index is 1070. The second-order valence-electron chi connectivity index (χ2n) is 8.17. The van der Waals surface area contributed by atoms with E-state index in [1.165, 1.54) is 11.9 Å². The van der Waals surface area contributed by atoms with Crippen LogP contribution in [0.1, 0.15) is 44.2 Å². The van der Waals surface area contributed by atoms with Crippen LogP contribution < -0.4 is 9.62 Å². The molecule has 7 nitrogen and oxygen atoms in total. The van der Waals surface area contributed by atoms with Crippen LogP contribution in [-0.4, -0.2) is 51.0 Å². The summed E-state index contributed by atoms with van der Waals surface area (Å²) in [6.45, 7) is 5.53. The van der Waals surface area contributed by atoms with E-state index in [0.717, 1.165) is 16.1 Å². The van der Waals surface area contributed by atoms with E-state index in [1.54, 1.807) is 43.3 Å². The summed E-state index contributed by atoms with van der Waals surface area (Å²) < 4.78 is 26.3. The maximum atomic E-state index is 13.5. The summed E-state index contributed by atoms with van der Waals surface area (Å²) in [5.74, 6) is -0.537. The molecule has 1 unspecified atom stereocenters. The Balaban J connectivity index is 2.43. The van der Waals surface area contributed by atoms with Crippen LogP contribution in [0.25, 0.3) is 0 Å². The lowest BCUT2D eigenvalue weighted by Gasteiger charge is -2.32. The quantitative estimate of drug-likeness (QED) is 0.545. The maximum absolute atomic E-state index is 13.5. The highest BCUT2D eigenvalue weighted by molar-refractivity contribution is 7.92.